The third-order valence-electron chi connectivity index (χ3n) is 2.38. The van der Waals surface area contributed by atoms with Crippen LogP contribution in [0.2, 0.25) is 0 Å². The van der Waals surface area contributed by atoms with Crippen molar-refractivity contribution in [2.24, 2.45) is 0 Å². The molecule has 1 aliphatic carbocycles. The highest BCUT2D eigenvalue weighted by atomic mass is 14.8. The smallest absolute Gasteiger partial charge is 0.180 e. The fourth-order valence-electron chi connectivity index (χ4n) is 1.84. The average Bonchev–Trinajstić information content (AvgIpc) is 2.53. The Kier molecular flexibility index (Phi) is 2.11. The minimum absolute atomic E-state index is 1.17. The summed E-state index contributed by atoms with van der Waals surface area (Å²) in [6.45, 7) is 0. The highest BCUT2D eigenvalue weighted by Gasteiger charge is 2.12. The first-order chi connectivity index (χ1) is 5.92. The topological polar surface area (TPSA) is 12.0 Å². The van der Waals surface area contributed by atoms with Crippen LogP contribution in [0, 0.1) is 0 Å². The number of hydrogen-bond donors (Lipinski definition) is 1. The van der Waals surface area contributed by atoms with Crippen molar-refractivity contribution < 1.29 is 0 Å². The number of fused-ring (bicyclic) bond motifs is 1. The summed E-state index contributed by atoms with van der Waals surface area (Å²) >= 11 is 0. The molecule has 12 heavy (non-hydrogen) atoms. The molecule has 0 bridgehead atoms. The Morgan fingerprint density at radius 3 is 3.08 bits per heavy atom. The van der Waals surface area contributed by atoms with E-state index in [-0.39, 0.29) is 0 Å². The van der Waals surface area contributed by atoms with Crippen LogP contribution in [0.25, 0.3) is 0 Å². The van der Waals surface area contributed by atoms with Gasteiger partial charge < -0.3 is 5.23 Å². The van der Waals surface area contributed by atoms with Gasteiger partial charge in [-0.05, 0) is 36.5 Å². The Morgan fingerprint density at radius 1 is 1.33 bits per heavy atom. The molecule has 0 heterocycles. The first kappa shape index (κ1) is 7.78. The van der Waals surface area contributed by atoms with Gasteiger partial charge in [-0.3, -0.25) is 0 Å². The predicted molar refractivity (Wildman–Crippen MR) is 53.6 cm³/mol. The largest absolute Gasteiger partial charge is 0.441 e. The monoisotopic (exact) mass is 154 g/mol. The quantitative estimate of drug-likeness (QED) is 0.632. The second kappa shape index (κ2) is 3.26. The molecule has 0 saturated carbocycles. The van der Waals surface area contributed by atoms with Crippen molar-refractivity contribution in [2.75, 3.05) is 5.23 Å². The Morgan fingerprint density at radius 2 is 2.25 bits per heavy atom. The van der Waals surface area contributed by atoms with E-state index in [4.69, 9.17) is 7.74 Å². The number of anilines is 1. The van der Waals surface area contributed by atoms with E-state index in [1.165, 1.54) is 43.4 Å². The van der Waals surface area contributed by atoms with Gasteiger partial charge in [0, 0.05) is 13.4 Å². The van der Waals surface area contributed by atoms with E-state index in [9.17, 15) is 0 Å². The second-order valence-electron chi connectivity index (χ2n) is 3.11. The van der Waals surface area contributed by atoms with E-state index in [1.54, 1.807) is 0 Å². The van der Waals surface area contributed by atoms with E-state index < -0.39 is 0 Å². The number of rotatable bonds is 2. The van der Waals surface area contributed by atoms with Gasteiger partial charge in [-0.25, -0.2) is 0 Å². The molecule has 0 atom stereocenters. The minimum Gasteiger partial charge on any atom is -0.441 e. The standard InChI is InChI=1S/C9H10B2N/c10-11-12-9-6-2-4-7-3-1-5-8(7)9/h2,4,6,12H,1,3,5H2. The van der Waals surface area contributed by atoms with Gasteiger partial charge in [-0.1, -0.05) is 12.1 Å². The van der Waals surface area contributed by atoms with Gasteiger partial charge in [0.15, 0.2) is 7.31 Å². The van der Waals surface area contributed by atoms with Crippen molar-refractivity contribution in [2.45, 2.75) is 19.3 Å². The lowest BCUT2D eigenvalue weighted by atomic mass is 9.67. The Labute approximate surface area is 75.2 Å². The molecule has 0 aromatic heterocycles. The van der Waals surface area contributed by atoms with Crippen LogP contribution >= 0.6 is 0 Å². The van der Waals surface area contributed by atoms with Gasteiger partial charge in [-0.15, -0.1) is 0 Å². The fraction of sp³-hybridized carbons (Fsp3) is 0.333. The molecule has 0 saturated heterocycles. The number of benzene rings is 1. The van der Waals surface area contributed by atoms with Gasteiger partial charge in [0.2, 0.25) is 0 Å². The Hall–Kier alpha value is -0.850. The zero-order valence-electron chi connectivity index (χ0n) is 7.01. The van der Waals surface area contributed by atoms with E-state index in [2.05, 4.69) is 23.4 Å². The Bertz CT molecular complexity index is 286. The summed E-state index contributed by atoms with van der Waals surface area (Å²) in [4.78, 5) is 0. The summed E-state index contributed by atoms with van der Waals surface area (Å²) in [5, 5.41) is 3.06. The zero-order valence-corrected chi connectivity index (χ0v) is 7.01. The summed E-state index contributed by atoms with van der Waals surface area (Å²) in [5.74, 6) is 0. The molecular weight excluding hydrogens is 144 g/mol. The molecule has 0 aliphatic heterocycles. The third-order valence-corrected chi connectivity index (χ3v) is 2.38. The van der Waals surface area contributed by atoms with Crippen LogP contribution in [0.4, 0.5) is 5.69 Å². The van der Waals surface area contributed by atoms with Gasteiger partial charge in [0.1, 0.15) is 0 Å². The molecule has 3 heteroatoms. The third kappa shape index (κ3) is 1.24. The summed E-state index contributed by atoms with van der Waals surface area (Å²) in [7, 11) is 6.81. The van der Waals surface area contributed by atoms with Gasteiger partial charge in [0.05, 0.1) is 0 Å². The van der Waals surface area contributed by atoms with Crippen LogP contribution in [0.3, 0.4) is 0 Å². The first-order valence-corrected chi connectivity index (χ1v) is 4.32. The molecule has 3 radical (unpaired) electrons. The lowest BCUT2D eigenvalue weighted by Gasteiger charge is -2.08. The summed E-state index contributed by atoms with van der Waals surface area (Å²) in [5.41, 5.74) is 4.09. The van der Waals surface area contributed by atoms with E-state index in [0.717, 1.165) is 0 Å². The molecule has 57 valence electrons. The van der Waals surface area contributed by atoms with Crippen molar-refractivity contribution in [1.29, 1.82) is 0 Å². The van der Waals surface area contributed by atoms with Crippen LogP contribution in [-0.2, 0) is 12.8 Å². The molecule has 2 rings (SSSR count). The summed E-state index contributed by atoms with van der Waals surface area (Å²) < 4.78 is 0. The molecule has 0 amide bonds. The van der Waals surface area contributed by atoms with Gasteiger partial charge >= 0.3 is 0 Å². The van der Waals surface area contributed by atoms with Crippen LogP contribution in [0.1, 0.15) is 17.5 Å². The Balaban J connectivity index is 2.36. The van der Waals surface area contributed by atoms with Crippen LogP contribution < -0.4 is 5.23 Å². The van der Waals surface area contributed by atoms with Crippen molar-refractivity contribution in [3.8, 4) is 0 Å². The summed E-state index contributed by atoms with van der Waals surface area (Å²) in [6, 6.07) is 6.35. The molecule has 1 nitrogen and oxygen atoms in total. The number of aryl methyl sites for hydroxylation is 1. The highest BCUT2D eigenvalue weighted by molar-refractivity contribution is 6.91. The fourth-order valence-corrected chi connectivity index (χ4v) is 1.84. The van der Waals surface area contributed by atoms with E-state index in [0.29, 0.717) is 0 Å². The molecule has 1 aromatic carbocycles. The maximum atomic E-state index is 5.32. The van der Waals surface area contributed by atoms with Crippen molar-refractivity contribution in [1.82, 2.24) is 0 Å². The van der Waals surface area contributed by atoms with Crippen LogP contribution in [0.5, 0.6) is 0 Å². The average molecular weight is 154 g/mol. The van der Waals surface area contributed by atoms with Crippen molar-refractivity contribution in [3.05, 3.63) is 29.3 Å². The summed E-state index contributed by atoms with van der Waals surface area (Å²) in [6.07, 6.45) is 3.68. The number of hydrogen-bond acceptors (Lipinski definition) is 1. The highest BCUT2D eigenvalue weighted by Crippen LogP contribution is 2.28. The minimum atomic E-state index is 1.17. The SMILES string of the molecule is [B][B]Nc1cccc2c1CCC2. The van der Waals surface area contributed by atoms with Gasteiger partial charge in [-0.2, -0.15) is 0 Å². The molecule has 0 fully saturated rings. The first-order valence-electron chi connectivity index (χ1n) is 4.32. The van der Waals surface area contributed by atoms with Crippen molar-refractivity contribution in [3.63, 3.8) is 0 Å². The molecular formula is C9H10B2N. The van der Waals surface area contributed by atoms with E-state index in [1.807, 2.05) is 0 Å². The number of nitrogens with one attached hydrogen (secondary N) is 1. The maximum absolute atomic E-state index is 5.32. The van der Waals surface area contributed by atoms with E-state index >= 15 is 0 Å². The van der Waals surface area contributed by atoms with Gasteiger partial charge in [0.25, 0.3) is 0 Å². The normalized spacial score (nSPS) is 14.0. The predicted octanol–water partition coefficient (Wildman–Crippen LogP) is 1.29. The lowest BCUT2D eigenvalue weighted by molar-refractivity contribution is 0.912. The molecule has 1 aromatic rings. The molecule has 1 N–H and O–H groups in total. The maximum Gasteiger partial charge on any atom is 0.180 e. The molecule has 0 unspecified atom stereocenters. The van der Waals surface area contributed by atoms with Crippen LogP contribution in [0.15, 0.2) is 18.2 Å². The molecule has 0 spiro atoms. The second-order valence-corrected chi connectivity index (χ2v) is 3.11. The van der Waals surface area contributed by atoms with Crippen LogP contribution in [-0.4, -0.2) is 15.0 Å². The molecule has 1 aliphatic rings. The zero-order chi connectivity index (χ0) is 8.39. The van der Waals surface area contributed by atoms with Crippen molar-refractivity contribution >= 4 is 20.7 Å². The lowest BCUT2D eigenvalue weighted by Crippen LogP contribution is -2.07.